The van der Waals surface area contributed by atoms with E-state index < -0.39 is 6.04 Å². The van der Waals surface area contributed by atoms with Gasteiger partial charge in [0.25, 0.3) is 0 Å². The highest BCUT2D eigenvalue weighted by atomic mass is 16.2. The molecule has 2 atom stereocenters. The van der Waals surface area contributed by atoms with Gasteiger partial charge in [-0.1, -0.05) is 32.1 Å². The number of allylic oxidation sites excluding steroid dienone is 2. The predicted molar refractivity (Wildman–Crippen MR) is 66.9 cm³/mol. The molecule has 16 heavy (non-hydrogen) atoms. The largest absolute Gasteiger partial charge is 0.348 e. The molecule has 3 heteroatoms. The lowest BCUT2D eigenvalue weighted by molar-refractivity contribution is -0.123. The highest BCUT2D eigenvalue weighted by molar-refractivity contribution is 5.82. The number of carbonyl (C=O) groups excluding carboxylic acids is 1. The van der Waals surface area contributed by atoms with Crippen molar-refractivity contribution in [2.24, 2.45) is 11.7 Å². The first kappa shape index (κ1) is 13.0. The Morgan fingerprint density at radius 2 is 2.06 bits per heavy atom. The summed E-state index contributed by atoms with van der Waals surface area (Å²) in [5.74, 6) is 0.102. The van der Waals surface area contributed by atoms with E-state index in [1.165, 1.54) is 5.57 Å². The van der Waals surface area contributed by atoms with Crippen LogP contribution >= 0.6 is 0 Å². The van der Waals surface area contributed by atoms with Gasteiger partial charge in [-0.25, -0.2) is 0 Å². The highest BCUT2D eigenvalue weighted by Crippen LogP contribution is 2.13. The number of carbonyl (C=O) groups is 1. The Morgan fingerprint density at radius 1 is 1.38 bits per heavy atom. The molecule has 3 N–H and O–H groups in total. The number of rotatable bonds is 4. The fourth-order valence-electron chi connectivity index (χ4n) is 1.65. The molecule has 0 spiro atoms. The lowest BCUT2D eigenvalue weighted by atomic mass is 10.00. The molecule has 1 aliphatic rings. The quantitative estimate of drug-likeness (QED) is 0.761. The Hall–Kier alpha value is -1.09. The van der Waals surface area contributed by atoms with E-state index in [0.29, 0.717) is 0 Å². The monoisotopic (exact) mass is 222 g/mol. The Bertz CT molecular complexity index is 305. The van der Waals surface area contributed by atoms with E-state index in [4.69, 9.17) is 5.73 Å². The second-order valence-corrected chi connectivity index (χ2v) is 4.68. The molecule has 3 nitrogen and oxygen atoms in total. The molecule has 0 fully saturated rings. The van der Waals surface area contributed by atoms with E-state index in [0.717, 1.165) is 12.8 Å². The van der Waals surface area contributed by atoms with Crippen LogP contribution in [0.5, 0.6) is 0 Å². The van der Waals surface area contributed by atoms with Crippen LogP contribution in [0.3, 0.4) is 0 Å². The minimum Gasteiger partial charge on any atom is -0.348 e. The van der Waals surface area contributed by atoms with Gasteiger partial charge in [0.15, 0.2) is 0 Å². The summed E-state index contributed by atoms with van der Waals surface area (Å²) in [7, 11) is 0. The molecule has 90 valence electrons. The van der Waals surface area contributed by atoms with Crippen LogP contribution in [0.4, 0.5) is 0 Å². The molecule has 0 aromatic rings. The van der Waals surface area contributed by atoms with Gasteiger partial charge in [0, 0.05) is 0 Å². The predicted octanol–water partition coefficient (Wildman–Crippen LogP) is 1.75. The first-order valence-electron chi connectivity index (χ1n) is 5.95. The van der Waals surface area contributed by atoms with Crippen molar-refractivity contribution in [1.82, 2.24) is 5.32 Å². The van der Waals surface area contributed by atoms with Crippen molar-refractivity contribution in [1.29, 1.82) is 0 Å². The Kier molecular flexibility index (Phi) is 4.74. The fourth-order valence-corrected chi connectivity index (χ4v) is 1.65. The van der Waals surface area contributed by atoms with Crippen molar-refractivity contribution >= 4 is 5.91 Å². The zero-order chi connectivity index (χ0) is 12.1. The SMILES string of the molecule is CC(C)[C@H](N)C(=O)N[C@H](C)C1=CCCC=C1. The van der Waals surface area contributed by atoms with E-state index in [-0.39, 0.29) is 17.9 Å². The van der Waals surface area contributed by atoms with Crippen molar-refractivity contribution in [2.75, 3.05) is 0 Å². The van der Waals surface area contributed by atoms with E-state index >= 15 is 0 Å². The van der Waals surface area contributed by atoms with Gasteiger partial charge in [0.1, 0.15) is 0 Å². The summed E-state index contributed by atoms with van der Waals surface area (Å²) in [5.41, 5.74) is 6.96. The second-order valence-electron chi connectivity index (χ2n) is 4.68. The molecule has 0 aliphatic heterocycles. The third-order valence-electron chi connectivity index (χ3n) is 2.90. The van der Waals surface area contributed by atoms with Crippen molar-refractivity contribution in [2.45, 2.75) is 45.7 Å². The van der Waals surface area contributed by atoms with Crippen molar-refractivity contribution in [3.05, 3.63) is 23.8 Å². The molecule has 0 aromatic carbocycles. The van der Waals surface area contributed by atoms with Crippen molar-refractivity contribution in [3.63, 3.8) is 0 Å². The van der Waals surface area contributed by atoms with Gasteiger partial charge in [0.05, 0.1) is 12.1 Å². The molecule has 0 radical (unpaired) electrons. The summed E-state index contributed by atoms with van der Waals surface area (Å²) in [6, 6.07) is -0.371. The van der Waals surface area contributed by atoms with E-state index in [9.17, 15) is 4.79 Å². The van der Waals surface area contributed by atoms with E-state index in [1.54, 1.807) is 0 Å². The van der Waals surface area contributed by atoms with Crippen LogP contribution in [-0.2, 0) is 4.79 Å². The maximum Gasteiger partial charge on any atom is 0.237 e. The van der Waals surface area contributed by atoms with Gasteiger partial charge in [-0.3, -0.25) is 4.79 Å². The number of amides is 1. The second kappa shape index (κ2) is 5.85. The minimum absolute atomic E-state index is 0.0499. The summed E-state index contributed by atoms with van der Waals surface area (Å²) in [6.45, 7) is 5.90. The normalized spacial score (nSPS) is 19.2. The molecule has 1 rings (SSSR count). The molecule has 0 unspecified atom stereocenters. The Balaban J connectivity index is 2.51. The molecule has 0 saturated carbocycles. The average molecular weight is 222 g/mol. The summed E-state index contributed by atoms with van der Waals surface area (Å²) in [6.07, 6.45) is 8.54. The number of hydrogen-bond donors (Lipinski definition) is 2. The van der Waals surface area contributed by atoms with E-state index in [1.807, 2.05) is 20.8 Å². The van der Waals surface area contributed by atoms with E-state index in [2.05, 4.69) is 23.5 Å². The topological polar surface area (TPSA) is 55.1 Å². The first-order chi connectivity index (χ1) is 7.52. The Morgan fingerprint density at radius 3 is 2.56 bits per heavy atom. The average Bonchev–Trinajstić information content (AvgIpc) is 2.28. The van der Waals surface area contributed by atoms with Crippen LogP contribution in [0.2, 0.25) is 0 Å². The number of nitrogens with two attached hydrogens (primary N) is 1. The van der Waals surface area contributed by atoms with Gasteiger partial charge in [-0.05, 0) is 31.3 Å². The minimum atomic E-state index is -0.421. The van der Waals surface area contributed by atoms with Crippen LogP contribution in [0, 0.1) is 5.92 Å². The third kappa shape index (κ3) is 3.49. The highest BCUT2D eigenvalue weighted by Gasteiger charge is 2.19. The Labute approximate surface area is 97.8 Å². The molecule has 1 amide bonds. The van der Waals surface area contributed by atoms with Gasteiger partial charge in [0.2, 0.25) is 5.91 Å². The lowest BCUT2D eigenvalue weighted by Gasteiger charge is -2.21. The molecule has 0 aromatic heterocycles. The first-order valence-corrected chi connectivity index (χ1v) is 5.95. The van der Waals surface area contributed by atoms with Gasteiger partial charge >= 0.3 is 0 Å². The third-order valence-corrected chi connectivity index (χ3v) is 2.90. The zero-order valence-corrected chi connectivity index (χ0v) is 10.4. The summed E-state index contributed by atoms with van der Waals surface area (Å²) in [4.78, 5) is 11.8. The van der Waals surface area contributed by atoms with Gasteiger partial charge < -0.3 is 11.1 Å². The molecular weight excluding hydrogens is 200 g/mol. The van der Waals surface area contributed by atoms with Gasteiger partial charge in [-0.2, -0.15) is 0 Å². The van der Waals surface area contributed by atoms with Crippen LogP contribution in [-0.4, -0.2) is 18.0 Å². The standard InChI is InChI=1S/C13H22N2O/c1-9(2)12(14)13(16)15-10(3)11-7-5-4-6-8-11/h5,7-10,12H,4,6,14H2,1-3H3,(H,15,16)/t10-,12+/m1/s1. The maximum atomic E-state index is 11.8. The molecule has 1 aliphatic carbocycles. The maximum absolute atomic E-state index is 11.8. The van der Waals surface area contributed by atoms with Crippen LogP contribution in [0.1, 0.15) is 33.6 Å². The molecule has 0 saturated heterocycles. The van der Waals surface area contributed by atoms with Crippen LogP contribution in [0.25, 0.3) is 0 Å². The number of nitrogens with one attached hydrogen (secondary N) is 1. The molecule has 0 heterocycles. The summed E-state index contributed by atoms with van der Waals surface area (Å²) in [5, 5.41) is 2.95. The van der Waals surface area contributed by atoms with Gasteiger partial charge in [-0.15, -0.1) is 0 Å². The van der Waals surface area contributed by atoms with Crippen molar-refractivity contribution in [3.8, 4) is 0 Å². The van der Waals surface area contributed by atoms with Crippen LogP contribution in [0.15, 0.2) is 23.8 Å². The van der Waals surface area contributed by atoms with Crippen LogP contribution < -0.4 is 11.1 Å². The zero-order valence-electron chi connectivity index (χ0n) is 10.4. The summed E-state index contributed by atoms with van der Waals surface area (Å²) < 4.78 is 0. The lowest BCUT2D eigenvalue weighted by Crippen LogP contribution is -2.47. The molecular formula is C13H22N2O. The summed E-state index contributed by atoms with van der Waals surface area (Å²) >= 11 is 0. The smallest absolute Gasteiger partial charge is 0.237 e. The van der Waals surface area contributed by atoms with Crippen molar-refractivity contribution < 1.29 is 4.79 Å². The molecule has 0 bridgehead atoms. The fraction of sp³-hybridized carbons (Fsp3) is 0.615. The number of hydrogen-bond acceptors (Lipinski definition) is 2.